The van der Waals surface area contributed by atoms with Gasteiger partial charge in [-0.15, -0.1) is 0 Å². The highest BCUT2D eigenvalue weighted by molar-refractivity contribution is 5.85. The summed E-state index contributed by atoms with van der Waals surface area (Å²) in [4.78, 5) is 10.5. The predicted molar refractivity (Wildman–Crippen MR) is 77.6 cm³/mol. The normalized spacial score (nSPS) is 10.9. The first-order chi connectivity index (χ1) is 9.04. The van der Waals surface area contributed by atoms with Gasteiger partial charge in [-0.1, -0.05) is 19.8 Å². The van der Waals surface area contributed by atoms with Gasteiger partial charge in [0.1, 0.15) is 5.75 Å². The second kappa shape index (κ2) is 7.62. The van der Waals surface area contributed by atoms with Crippen LogP contribution in [0.1, 0.15) is 42.9 Å². The Morgan fingerprint density at radius 2 is 1.89 bits per heavy atom. The highest BCUT2D eigenvalue weighted by Gasteiger charge is 2.05. The van der Waals surface area contributed by atoms with Gasteiger partial charge in [0.2, 0.25) is 0 Å². The zero-order valence-corrected chi connectivity index (χ0v) is 11.9. The van der Waals surface area contributed by atoms with Gasteiger partial charge in [-0.2, -0.15) is 0 Å². The molecule has 0 aliphatic heterocycles. The van der Waals surface area contributed by atoms with Crippen molar-refractivity contribution in [3.8, 4) is 5.75 Å². The smallest absolute Gasteiger partial charge is 0.328 e. The van der Waals surface area contributed by atoms with Crippen LogP contribution in [0.5, 0.6) is 5.75 Å². The topological polar surface area (TPSA) is 46.5 Å². The van der Waals surface area contributed by atoms with Crippen LogP contribution in [0, 0.1) is 13.8 Å². The molecule has 0 atom stereocenters. The molecule has 3 heteroatoms. The van der Waals surface area contributed by atoms with Crippen LogP contribution < -0.4 is 4.74 Å². The highest BCUT2D eigenvalue weighted by atomic mass is 16.5. The molecule has 0 aliphatic rings. The first-order valence-corrected chi connectivity index (χ1v) is 6.69. The van der Waals surface area contributed by atoms with Crippen molar-refractivity contribution >= 4 is 12.0 Å². The second-order valence-corrected chi connectivity index (χ2v) is 4.71. The minimum Gasteiger partial charge on any atom is -0.493 e. The summed E-state index contributed by atoms with van der Waals surface area (Å²) < 4.78 is 5.81. The van der Waals surface area contributed by atoms with Crippen LogP contribution >= 0.6 is 0 Å². The number of carboxylic acid groups (broad SMARTS) is 1. The van der Waals surface area contributed by atoms with E-state index < -0.39 is 5.97 Å². The molecule has 0 unspecified atom stereocenters. The molecule has 0 heterocycles. The molecule has 0 amide bonds. The number of unbranched alkanes of at least 4 members (excludes halogenated alkanes) is 2. The Morgan fingerprint density at radius 1 is 1.26 bits per heavy atom. The Morgan fingerprint density at radius 3 is 2.42 bits per heavy atom. The quantitative estimate of drug-likeness (QED) is 0.597. The third-order valence-electron chi connectivity index (χ3n) is 2.90. The van der Waals surface area contributed by atoms with Gasteiger partial charge in [0.15, 0.2) is 0 Å². The lowest BCUT2D eigenvalue weighted by Gasteiger charge is -2.13. The maximum atomic E-state index is 10.5. The molecule has 0 aliphatic carbocycles. The Balaban J connectivity index is 2.76. The summed E-state index contributed by atoms with van der Waals surface area (Å²) in [5.41, 5.74) is 2.97. The van der Waals surface area contributed by atoms with Crippen molar-refractivity contribution < 1.29 is 14.6 Å². The molecule has 1 rings (SSSR count). The van der Waals surface area contributed by atoms with Crippen molar-refractivity contribution in [2.75, 3.05) is 6.61 Å². The van der Waals surface area contributed by atoms with E-state index in [2.05, 4.69) is 6.92 Å². The van der Waals surface area contributed by atoms with Gasteiger partial charge in [-0.05, 0) is 55.2 Å². The summed E-state index contributed by atoms with van der Waals surface area (Å²) >= 11 is 0. The molecule has 19 heavy (non-hydrogen) atoms. The lowest BCUT2D eigenvalue weighted by atomic mass is 10.1. The van der Waals surface area contributed by atoms with Crippen molar-refractivity contribution in [3.05, 3.63) is 34.9 Å². The van der Waals surface area contributed by atoms with Gasteiger partial charge in [-0.25, -0.2) is 4.79 Å². The van der Waals surface area contributed by atoms with E-state index in [0.29, 0.717) is 0 Å². The fourth-order valence-corrected chi connectivity index (χ4v) is 2.00. The molecule has 0 fully saturated rings. The number of benzene rings is 1. The zero-order valence-electron chi connectivity index (χ0n) is 11.9. The average Bonchev–Trinajstić information content (AvgIpc) is 2.34. The summed E-state index contributed by atoms with van der Waals surface area (Å²) in [7, 11) is 0. The molecule has 1 aromatic rings. The van der Waals surface area contributed by atoms with E-state index in [1.54, 1.807) is 6.08 Å². The fourth-order valence-electron chi connectivity index (χ4n) is 2.00. The minimum atomic E-state index is -0.935. The summed E-state index contributed by atoms with van der Waals surface area (Å²) in [6, 6.07) is 3.89. The predicted octanol–water partition coefficient (Wildman–Crippen LogP) is 3.97. The first-order valence-electron chi connectivity index (χ1n) is 6.69. The van der Waals surface area contributed by atoms with Gasteiger partial charge >= 0.3 is 5.97 Å². The first kappa shape index (κ1) is 15.3. The van der Waals surface area contributed by atoms with Gasteiger partial charge < -0.3 is 9.84 Å². The Hall–Kier alpha value is -1.77. The monoisotopic (exact) mass is 262 g/mol. The van der Waals surface area contributed by atoms with Gasteiger partial charge in [-0.3, -0.25) is 0 Å². The Kier molecular flexibility index (Phi) is 6.13. The number of carbonyl (C=O) groups is 1. The minimum absolute atomic E-state index is 0.736. The molecule has 3 nitrogen and oxygen atoms in total. The van der Waals surface area contributed by atoms with E-state index in [9.17, 15) is 4.79 Å². The molecule has 0 aromatic heterocycles. The van der Waals surface area contributed by atoms with E-state index in [0.717, 1.165) is 41.5 Å². The number of hydrogen-bond acceptors (Lipinski definition) is 2. The number of carboxylic acids is 1. The van der Waals surface area contributed by atoms with Gasteiger partial charge in [0.05, 0.1) is 6.61 Å². The Labute approximate surface area is 114 Å². The number of hydrogen-bond donors (Lipinski definition) is 1. The van der Waals surface area contributed by atoms with Crippen LogP contribution in [0.15, 0.2) is 18.2 Å². The van der Waals surface area contributed by atoms with Crippen LogP contribution in [0.4, 0.5) is 0 Å². The van der Waals surface area contributed by atoms with Crippen LogP contribution in [-0.2, 0) is 4.79 Å². The summed E-state index contributed by atoms with van der Waals surface area (Å²) in [6.07, 6.45) is 6.17. The maximum absolute atomic E-state index is 10.5. The molecule has 0 saturated carbocycles. The van der Waals surface area contributed by atoms with Gasteiger partial charge in [0.25, 0.3) is 0 Å². The fraction of sp³-hybridized carbons (Fsp3) is 0.438. The number of aryl methyl sites for hydroxylation is 2. The molecule has 104 valence electrons. The maximum Gasteiger partial charge on any atom is 0.328 e. The van der Waals surface area contributed by atoms with Gasteiger partial charge in [0, 0.05) is 6.08 Å². The molecular weight excluding hydrogens is 240 g/mol. The third kappa shape index (κ3) is 5.16. The van der Waals surface area contributed by atoms with E-state index in [1.807, 2.05) is 26.0 Å². The molecule has 0 radical (unpaired) electrons. The third-order valence-corrected chi connectivity index (χ3v) is 2.90. The van der Waals surface area contributed by atoms with Crippen LogP contribution in [-0.4, -0.2) is 17.7 Å². The molecule has 0 saturated heterocycles. The van der Waals surface area contributed by atoms with Crippen molar-refractivity contribution in [2.24, 2.45) is 0 Å². The van der Waals surface area contributed by atoms with Crippen LogP contribution in [0.3, 0.4) is 0 Å². The molecule has 0 bridgehead atoms. The van der Waals surface area contributed by atoms with E-state index in [4.69, 9.17) is 9.84 Å². The molecule has 1 N–H and O–H groups in total. The number of ether oxygens (including phenoxy) is 1. The molecule has 0 spiro atoms. The van der Waals surface area contributed by atoms with Crippen molar-refractivity contribution in [1.29, 1.82) is 0 Å². The number of rotatable bonds is 7. The van der Waals surface area contributed by atoms with E-state index in [1.165, 1.54) is 12.8 Å². The Bertz CT molecular complexity index is 438. The number of aliphatic carboxylic acids is 1. The van der Waals surface area contributed by atoms with E-state index >= 15 is 0 Å². The summed E-state index contributed by atoms with van der Waals surface area (Å²) in [6.45, 7) is 6.88. The molecule has 1 aromatic carbocycles. The summed E-state index contributed by atoms with van der Waals surface area (Å²) in [5, 5.41) is 8.62. The summed E-state index contributed by atoms with van der Waals surface area (Å²) in [5.74, 6) is -0.0150. The highest BCUT2D eigenvalue weighted by Crippen LogP contribution is 2.25. The van der Waals surface area contributed by atoms with Crippen molar-refractivity contribution in [1.82, 2.24) is 0 Å². The zero-order chi connectivity index (χ0) is 14.3. The lowest BCUT2D eigenvalue weighted by molar-refractivity contribution is -0.131. The average molecular weight is 262 g/mol. The van der Waals surface area contributed by atoms with Crippen LogP contribution in [0.25, 0.3) is 6.08 Å². The standard InChI is InChI=1S/C16H22O3/c1-4-5-6-9-19-16-12(2)10-14(11-13(16)3)7-8-15(17)18/h7-8,10-11H,4-6,9H2,1-3H3,(H,17,18)/b8-7+. The largest absolute Gasteiger partial charge is 0.493 e. The second-order valence-electron chi connectivity index (χ2n) is 4.71. The van der Waals surface area contributed by atoms with Crippen molar-refractivity contribution in [3.63, 3.8) is 0 Å². The lowest BCUT2D eigenvalue weighted by Crippen LogP contribution is -2.01. The molecular formula is C16H22O3. The van der Waals surface area contributed by atoms with Crippen LogP contribution in [0.2, 0.25) is 0 Å². The SMILES string of the molecule is CCCCCOc1c(C)cc(/C=C/C(=O)O)cc1C. The van der Waals surface area contributed by atoms with E-state index in [-0.39, 0.29) is 0 Å². The van der Waals surface area contributed by atoms with Crippen molar-refractivity contribution in [2.45, 2.75) is 40.0 Å².